The molecule has 3 rings (SSSR count). The van der Waals surface area contributed by atoms with Crippen molar-refractivity contribution in [2.75, 3.05) is 26.2 Å². The summed E-state index contributed by atoms with van der Waals surface area (Å²) in [5, 5.41) is 11.3. The molecule has 2 N–H and O–H groups in total. The molecule has 2 aromatic rings. The highest BCUT2D eigenvalue weighted by Gasteiger charge is 2.15. The molecule has 6 heteroatoms. The van der Waals surface area contributed by atoms with Crippen LogP contribution in [0.5, 0.6) is 0 Å². The van der Waals surface area contributed by atoms with Crippen molar-refractivity contribution in [1.29, 1.82) is 0 Å². The monoisotopic (exact) mass is 368 g/mol. The van der Waals surface area contributed by atoms with E-state index in [1.807, 2.05) is 18.7 Å². The third-order valence-electron chi connectivity index (χ3n) is 5.33. The number of guanidine groups is 1. The Balaban J connectivity index is 1.53. The molecule has 0 bridgehead atoms. The molecule has 1 aliphatic heterocycles. The summed E-state index contributed by atoms with van der Waals surface area (Å²) in [7, 11) is 1.98. The number of rotatable bonds is 6. The molecular formula is C21H32N6. The van der Waals surface area contributed by atoms with Gasteiger partial charge in [0.25, 0.3) is 0 Å². The van der Waals surface area contributed by atoms with Gasteiger partial charge in [0.1, 0.15) is 0 Å². The number of nitrogens with one attached hydrogen (secondary N) is 2. The summed E-state index contributed by atoms with van der Waals surface area (Å²) < 4.78 is 1.93. The van der Waals surface area contributed by atoms with E-state index in [4.69, 9.17) is 4.99 Å². The molecule has 2 heterocycles. The van der Waals surface area contributed by atoms with Gasteiger partial charge in [-0.2, -0.15) is 5.10 Å². The molecule has 0 aliphatic carbocycles. The normalized spacial score (nSPS) is 14.9. The Kier molecular flexibility index (Phi) is 6.50. The smallest absolute Gasteiger partial charge is 0.191 e. The maximum atomic E-state index is 4.76. The highest BCUT2D eigenvalue weighted by Crippen LogP contribution is 2.17. The molecule has 6 nitrogen and oxygen atoms in total. The molecule has 0 fully saturated rings. The van der Waals surface area contributed by atoms with Crippen LogP contribution in [0.3, 0.4) is 0 Å². The van der Waals surface area contributed by atoms with Crippen LogP contribution in [0, 0.1) is 13.8 Å². The van der Waals surface area contributed by atoms with Gasteiger partial charge < -0.3 is 10.6 Å². The number of fused-ring (bicyclic) bond motifs is 1. The third kappa shape index (κ3) is 4.89. The van der Waals surface area contributed by atoms with Crippen LogP contribution >= 0.6 is 0 Å². The quantitative estimate of drug-likeness (QED) is 0.606. The average molecular weight is 369 g/mol. The van der Waals surface area contributed by atoms with E-state index in [1.165, 1.54) is 22.4 Å². The van der Waals surface area contributed by atoms with Gasteiger partial charge in [-0.1, -0.05) is 24.3 Å². The van der Waals surface area contributed by atoms with Crippen LogP contribution in [-0.2, 0) is 26.6 Å². The lowest BCUT2D eigenvalue weighted by molar-refractivity contribution is 0.258. The standard InChI is InChI=1S/C21H32N6/c1-5-22-21(24-14-20-16(2)25-26(4)17(20)3)23-11-13-27-12-10-18-8-6-7-9-19(18)15-27/h6-9H,5,10-15H2,1-4H3,(H2,22,23,24). The number of hydrogen-bond donors (Lipinski definition) is 2. The van der Waals surface area contributed by atoms with Crippen LogP contribution in [0.25, 0.3) is 0 Å². The van der Waals surface area contributed by atoms with E-state index in [-0.39, 0.29) is 0 Å². The summed E-state index contributed by atoms with van der Waals surface area (Å²) in [5.74, 6) is 0.873. The van der Waals surface area contributed by atoms with E-state index in [1.54, 1.807) is 0 Å². The molecule has 146 valence electrons. The molecule has 0 saturated carbocycles. The Hall–Kier alpha value is -2.34. The minimum absolute atomic E-state index is 0.651. The summed E-state index contributed by atoms with van der Waals surface area (Å²) >= 11 is 0. The maximum absolute atomic E-state index is 4.76. The zero-order chi connectivity index (χ0) is 19.2. The molecule has 0 unspecified atom stereocenters. The molecule has 0 saturated heterocycles. The Morgan fingerprint density at radius 2 is 1.96 bits per heavy atom. The summed E-state index contributed by atoms with van der Waals surface area (Å²) in [5.41, 5.74) is 6.41. The van der Waals surface area contributed by atoms with Crippen LogP contribution < -0.4 is 10.6 Å². The van der Waals surface area contributed by atoms with Gasteiger partial charge in [-0.25, -0.2) is 4.99 Å². The van der Waals surface area contributed by atoms with Crippen molar-refractivity contribution in [2.45, 2.75) is 40.3 Å². The Morgan fingerprint density at radius 3 is 2.67 bits per heavy atom. The molecule has 0 amide bonds. The van der Waals surface area contributed by atoms with E-state index >= 15 is 0 Å². The third-order valence-corrected chi connectivity index (χ3v) is 5.33. The van der Waals surface area contributed by atoms with Crippen LogP contribution in [0.2, 0.25) is 0 Å². The predicted molar refractivity (Wildman–Crippen MR) is 111 cm³/mol. The van der Waals surface area contributed by atoms with Crippen LogP contribution in [-0.4, -0.2) is 46.8 Å². The first-order valence-electron chi connectivity index (χ1n) is 9.89. The molecule has 1 aliphatic rings. The van der Waals surface area contributed by atoms with Crippen molar-refractivity contribution in [2.24, 2.45) is 12.0 Å². The second-order valence-corrected chi connectivity index (χ2v) is 7.19. The number of nitrogens with zero attached hydrogens (tertiary/aromatic N) is 4. The summed E-state index contributed by atoms with van der Waals surface area (Å²) in [6.07, 6.45) is 1.14. The SMILES string of the molecule is CCNC(=NCc1c(C)nn(C)c1C)NCCN1CCc2ccccc2C1. The molecular weight excluding hydrogens is 336 g/mol. The van der Waals surface area contributed by atoms with Gasteiger partial charge in [-0.15, -0.1) is 0 Å². The van der Waals surface area contributed by atoms with Crippen molar-refractivity contribution in [3.63, 3.8) is 0 Å². The fourth-order valence-electron chi connectivity index (χ4n) is 3.62. The molecule has 0 spiro atoms. The topological polar surface area (TPSA) is 57.5 Å². The van der Waals surface area contributed by atoms with Crippen molar-refractivity contribution in [1.82, 2.24) is 25.3 Å². The number of aliphatic imine (C=N–C) groups is 1. The van der Waals surface area contributed by atoms with Gasteiger partial charge >= 0.3 is 0 Å². The van der Waals surface area contributed by atoms with Crippen molar-refractivity contribution < 1.29 is 0 Å². The highest BCUT2D eigenvalue weighted by atomic mass is 15.3. The number of benzene rings is 1. The van der Waals surface area contributed by atoms with Gasteiger partial charge in [-0.05, 0) is 38.3 Å². The highest BCUT2D eigenvalue weighted by molar-refractivity contribution is 5.79. The zero-order valence-corrected chi connectivity index (χ0v) is 17.0. The average Bonchev–Trinajstić information content (AvgIpc) is 2.91. The van der Waals surface area contributed by atoms with E-state index < -0.39 is 0 Å². The largest absolute Gasteiger partial charge is 0.357 e. The Morgan fingerprint density at radius 1 is 1.19 bits per heavy atom. The first kappa shape index (κ1) is 19.4. The fourth-order valence-corrected chi connectivity index (χ4v) is 3.62. The van der Waals surface area contributed by atoms with E-state index in [9.17, 15) is 0 Å². The lowest BCUT2D eigenvalue weighted by Crippen LogP contribution is -2.42. The number of aromatic nitrogens is 2. The van der Waals surface area contributed by atoms with Gasteiger partial charge in [0.15, 0.2) is 5.96 Å². The van der Waals surface area contributed by atoms with Gasteiger partial charge in [0, 0.05) is 51.0 Å². The summed E-state index contributed by atoms with van der Waals surface area (Å²) in [4.78, 5) is 7.27. The van der Waals surface area contributed by atoms with Crippen molar-refractivity contribution in [3.8, 4) is 0 Å². The molecule has 1 aromatic carbocycles. The first-order valence-corrected chi connectivity index (χ1v) is 9.89. The van der Waals surface area contributed by atoms with E-state index in [0.29, 0.717) is 6.54 Å². The number of aryl methyl sites for hydroxylation is 2. The fraction of sp³-hybridized carbons (Fsp3) is 0.524. The second-order valence-electron chi connectivity index (χ2n) is 7.19. The van der Waals surface area contributed by atoms with Crippen molar-refractivity contribution in [3.05, 3.63) is 52.3 Å². The molecule has 0 atom stereocenters. The van der Waals surface area contributed by atoms with Crippen molar-refractivity contribution >= 4 is 5.96 Å². The van der Waals surface area contributed by atoms with Crippen LogP contribution in [0.1, 0.15) is 35.0 Å². The maximum Gasteiger partial charge on any atom is 0.191 e. The minimum atomic E-state index is 0.651. The summed E-state index contributed by atoms with van der Waals surface area (Å²) in [6.45, 7) is 11.8. The molecule has 1 aromatic heterocycles. The van der Waals surface area contributed by atoms with Gasteiger partial charge in [-0.3, -0.25) is 9.58 Å². The minimum Gasteiger partial charge on any atom is -0.357 e. The Labute approximate surface area is 162 Å². The van der Waals surface area contributed by atoms with E-state index in [2.05, 4.69) is 58.7 Å². The number of hydrogen-bond acceptors (Lipinski definition) is 3. The summed E-state index contributed by atoms with van der Waals surface area (Å²) in [6, 6.07) is 8.78. The van der Waals surface area contributed by atoms with Gasteiger partial charge in [0.05, 0.1) is 12.2 Å². The zero-order valence-electron chi connectivity index (χ0n) is 17.0. The van der Waals surface area contributed by atoms with Crippen LogP contribution in [0.15, 0.2) is 29.3 Å². The predicted octanol–water partition coefficient (Wildman–Crippen LogP) is 2.15. The second kappa shape index (κ2) is 9.04. The molecule has 0 radical (unpaired) electrons. The Bertz CT molecular complexity index is 792. The van der Waals surface area contributed by atoms with E-state index in [0.717, 1.165) is 50.8 Å². The first-order chi connectivity index (χ1) is 13.1. The van der Waals surface area contributed by atoms with Crippen LogP contribution in [0.4, 0.5) is 0 Å². The van der Waals surface area contributed by atoms with Gasteiger partial charge in [0.2, 0.25) is 0 Å². The molecule has 27 heavy (non-hydrogen) atoms. The lowest BCUT2D eigenvalue weighted by atomic mass is 10.00. The lowest BCUT2D eigenvalue weighted by Gasteiger charge is -2.28.